The molecule has 1 amide bonds. The zero-order valence-electron chi connectivity index (χ0n) is 13.0. The van der Waals surface area contributed by atoms with Gasteiger partial charge in [0.15, 0.2) is 0 Å². The Morgan fingerprint density at radius 1 is 1.00 bits per heavy atom. The van der Waals surface area contributed by atoms with E-state index in [2.05, 4.69) is 26.1 Å². The van der Waals surface area contributed by atoms with Crippen molar-refractivity contribution >= 4 is 33.2 Å². The smallest absolute Gasteiger partial charge is 0.256 e. The van der Waals surface area contributed by atoms with Crippen LogP contribution in [0.5, 0.6) is 0 Å². The van der Waals surface area contributed by atoms with Crippen LogP contribution in [0.3, 0.4) is 0 Å². The fraction of sp³-hybridized carbons (Fsp3) is 0.278. The molecule has 126 valence electrons. The topological polar surface area (TPSA) is 32.3 Å². The molecule has 1 heterocycles. The quantitative estimate of drug-likeness (QED) is 0.796. The number of hydrogen-bond acceptors (Lipinski definition) is 2. The van der Waals surface area contributed by atoms with Crippen molar-refractivity contribution in [2.24, 2.45) is 0 Å². The Morgan fingerprint density at radius 2 is 1.67 bits per heavy atom. The molecule has 1 fully saturated rings. The molecule has 1 aliphatic heterocycles. The predicted octanol–water partition coefficient (Wildman–Crippen LogP) is 4.97. The lowest BCUT2D eigenvalue weighted by Crippen LogP contribution is -2.30. The average molecular weight is 395 g/mol. The summed E-state index contributed by atoms with van der Waals surface area (Å²) in [5.74, 6) is -1.41. The maximum Gasteiger partial charge on any atom is 0.256 e. The molecule has 0 aliphatic carbocycles. The molecule has 1 saturated heterocycles. The minimum absolute atomic E-state index is 0.170. The van der Waals surface area contributed by atoms with E-state index in [9.17, 15) is 13.6 Å². The van der Waals surface area contributed by atoms with Crippen LogP contribution in [0.4, 0.5) is 20.2 Å². The van der Waals surface area contributed by atoms with Gasteiger partial charge in [0.05, 0.1) is 16.9 Å². The van der Waals surface area contributed by atoms with E-state index in [4.69, 9.17) is 0 Å². The monoisotopic (exact) mass is 394 g/mol. The number of nitrogens with one attached hydrogen (secondary N) is 1. The van der Waals surface area contributed by atoms with Crippen LogP contribution >= 0.6 is 15.9 Å². The van der Waals surface area contributed by atoms with Crippen LogP contribution in [0, 0.1) is 11.6 Å². The number of carbonyl (C=O) groups excluding carboxylic acids is 1. The highest BCUT2D eigenvalue weighted by atomic mass is 79.9. The minimum Gasteiger partial charge on any atom is -0.370 e. The summed E-state index contributed by atoms with van der Waals surface area (Å²) in [6, 6.07) is 8.26. The summed E-state index contributed by atoms with van der Waals surface area (Å²) in [6.45, 7) is 1.75. The van der Waals surface area contributed by atoms with Crippen molar-refractivity contribution < 1.29 is 13.6 Å². The third kappa shape index (κ3) is 3.75. The zero-order valence-corrected chi connectivity index (χ0v) is 14.6. The second-order valence-electron chi connectivity index (χ2n) is 5.79. The first-order valence-corrected chi connectivity index (χ1v) is 8.65. The summed E-state index contributed by atoms with van der Waals surface area (Å²) in [6.07, 6.45) is 3.32. The molecule has 3 nitrogen and oxygen atoms in total. The Morgan fingerprint density at radius 3 is 2.42 bits per heavy atom. The molecule has 2 aromatic carbocycles. The highest BCUT2D eigenvalue weighted by Crippen LogP contribution is 2.30. The van der Waals surface area contributed by atoms with Crippen molar-refractivity contribution in [1.82, 2.24) is 0 Å². The molecule has 0 unspecified atom stereocenters. The molecule has 1 aliphatic rings. The maximum atomic E-state index is 13.7. The van der Waals surface area contributed by atoms with Crippen LogP contribution in [0.2, 0.25) is 0 Å². The van der Waals surface area contributed by atoms with Gasteiger partial charge in [0.1, 0.15) is 11.6 Å². The van der Waals surface area contributed by atoms with Gasteiger partial charge in [0.2, 0.25) is 0 Å². The van der Waals surface area contributed by atoms with Crippen molar-refractivity contribution in [2.75, 3.05) is 23.3 Å². The lowest BCUT2D eigenvalue weighted by molar-refractivity contribution is 0.102. The lowest BCUT2D eigenvalue weighted by atomic mass is 10.1. The number of rotatable bonds is 3. The Kier molecular flexibility index (Phi) is 5.14. The Labute approximate surface area is 147 Å². The molecule has 2 aromatic rings. The van der Waals surface area contributed by atoms with Gasteiger partial charge in [-0.3, -0.25) is 4.79 Å². The number of carbonyl (C=O) groups is 1. The van der Waals surface area contributed by atoms with Crippen molar-refractivity contribution in [3.8, 4) is 0 Å². The van der Waals surface area contributed by atoms with Crippen molar-refractivity contribution in [3.63, 3.8) is 0 Å². The third-order valence-corrected chi connectivity index (χ3v) is 4.77. The van der Waals surface area contributed by atoms with E-state index < -0.39 is 17.5 Å². The second-order valence-corrected chi connectivity index (χ2v) is 6.64. The molecule has 0 saturated carbocycles. The first-order chi connectivity index (χ1) is 11.5. The summed E-state index contributed by atoms with van der Waals surface area (Å²) < 4.78 is 27.6. The second kappa shape index (κ2) is 7.30. The number of benzene rings is 2. The number of anilines is 2. The van der Waals surface area contributed by atoms with Crippen molar-refractivity contribution in [3.05, 3.63) is 58.1 Å². The van der Waals surface area contributed by atoms with Gasteiger partial charge in [-0.2, -0.15) is 0 Å². The standard InChI is InChI=1S/C18H17BrF2N2O/c19-15-6-4-12(20)10-14(15)18(24)22-16-11-13(21)5-7-17(16)23-8-2-1-3-9-23/h4-7,10-11H,1-3,8-9H2,(H,22,24). The number of amides is 1. The number of nitrogens with zero attached hydrogens (tertiary/aromatic N) is 1. The van der Waals surface area contributed by atoms with E-state index in [0.717, 1.165) is 37.7 Å². The molecule has 3 rings (SSSR count). The van der Waals surface area contributed by atoms with Crippen LogP contribution in [0.25, 0.3) is 0 Å². The molecular weight excluding hydrogens is 378 g/mol. The SMILES string of the molecule is O=C(Nc1cc(F)ccc1N1CCCCC1)c1cc(F)ccc1Br. The maximum absolute atomic E-state index is 13.7. The van der Waals surface area contributed by atoms with E-state index in [-0.39, 0.29) is 5.56 Å². The van der Waals surface area contributed by atoms with Gasteiger partial charge >= 0.3 is 0 Å². The van der Waals surface area contributed by atoms with Gasteiger partial charge in [-0.25, -0.2) is 8.78 Å². The van der Waals surface area contributed by atoms with Gasteiger partial charge < -0.3 is 10.2 Å². The Balaban J connectivity index is 1.89. The van der Waals surface area contributed by atoms with E-state index >= 15 is 0 Å². The summed E-state index contributed by atoms with van der Waals surface area (Å²) in [5, 5.41) is 2.72. The highest BCUT2D eigenvalue weighted by Gasteiger charge is 2.18. The van der Waals surface area contributed by atoms with Crippen LogP contribution < -0.4 is 10.2 Å². The molecule has 6 heteroatoms. The average Bonchev–Trinajstić information content (AvgIpc) is 2.58. The number of hydrogen-bond donors (Lipinski definition) is 1. The normalized spacial score (nSPS) is 14.5. The Bertz CT molecular complexity index is 761. The van der Waals surface area contributed by atoms with Crippen LogP contribution in [0.1, 0.15) is 29.6 Å². The lowest BCUT2D eigenvalue weighted by Gasteiger charge is -2.30. The van der Waals surface area contributed by atoms with E-state index in [1.807, 2.05) is 0 Å². The van der Waals surface area contributed by atoms with Gasteiger partial charge in [0.25, 0.3) is 5.91 Å². The summed E-state index contributed by atoms with van der Waals surface area (Å²) in [7, 11) is 0. The molecule has 0 radical (unpaired) electrons. The molecular formula is C18H17BrF2N2O. The van der Waals surface area contributed by atoms with E-state index in [1.54, 1.807) is 6.07 Å². The van der Waals surface area contributed by atoms with Crippen LogP contribution in [-0.4, -0.2) is 19.0 Å². The van der Waals surface area contributed by atoms with Crippen LogP contribution in [-0.2, 0) is 0 Å². The first-order valence-electron chi connectivity index (χ1n) is 7.85. The van der Waals surface area contributed by atoms with Crippen LogP contribution in [0.15, 0.2) is 40.9 Å². The molecule has 0 atom stereocenters. The molecule has 0 aromatic heterocycles. The third-order valence-electron chi connectivity index (χ3n) is 4.08. The first kappa shape index (κ1) is 16.9. The fourth-order valence-electron chi connectivity index (χ4n) is 2.88. The van der Waals surface area contributed by atoms with E-state index in [0.29, 0.717) is 10.2 Å². The predicted molar refractivity (Wildman–Crippen MR) is 94.5 cm³/mol. The van der Waals surface area contributed by atoms with Gasteiger partial charge in [0, 0.05) is 17.6 Å². The van der Waals surface area contributed by atoms with E-state index in [1.165, 1.54) is 30.7 Å². The van der Waals surface area contributed by atoms with Gasteiger partial charge in [-0.15, -0.1) is 0 Å². The summed E-state index contributed by atoms with van der Waals surface area (Å²) in [5.41, 5.74) is 1.36. The van der Waals surface area contributed by atoms with Crippen molar-refractivity contribution in [2.45, 2.75) is 19.3 Å². The zero-order chi connectivity index (χ0) is 17.1. The molecule has 24 heavy (non-hydrogen) atoms. The minimum atomic E-state index is -0.501. The highest BCUT2D eigenvalue weighted by molar-refractivity contribution is 9.10. The Hall–Kier alpha value is -1.95. The van der Waals surface area contributed by atoms with Crippen molar-refractivity contribution in [1.29, 1.82) is 0 Å². The fourth-order valence-corrected chi connectivity index (χ4v) is 3.31. The molecule has 1 N–H and O–H groups in total. The summed E-state index contributed by atoms with van der Waals surface area (Å²) in [4.78, 5) is 14.6. The number of piperidine rings is 1. The molecule has 0 bridgehead atoms. The van der Waals surface area contributed by atoms with Gasteiger partial charge in [-0.05, 0) is 71.6 Å². The number of halogens is 3. The van der Waals surface area contributed by atoms with Gasteiger partial charge in [-0.1, -0.05) is 0 Å². The summed E-state index contributed by atoms with van der Waals surface area (Å²) >= 11 is 3.24. The molecule has 0 spiro atoms. The largest absolute Gasteiger partial charge is 0.370 e.